The predicted molar refractivity (Wildman–Crippen MR) is 104 cm³/mol. The van der Waals surface area contributed by atoms with Gasteiger partial charge in [-0.15, -0.1) is 0 Å². The maximum Gasteiger partial charge on any atom is 0.192 e. The molecule has 1 N–H and O–H groups in total. The second-order valence-corrected chi connectivity index (χ2v) is 13.1. The van der Waals surface area contributed by atoms with Crippen LogP contribution in [0.2, 0.25) is 18.1 Å². The van der Waals surface area contributed by atoms with E-state index >= 15 is 0 Å². The quantitative estimate of drug-likeness (QED) is 0.324. The zero-order chi connectivity index (χ0) is 16.8. The van der Waals surface area contributed by atoms with Crippen LogP contribution in [0.25, 0.3) is 0 Å². The zero-order valence-electron chi connectivity index (χ0n) is 15.0. The first-order valence-corrected chi connectivity index (χ1v) is 11.8. The molecule has 2 atom stereocenters. The summed E-state index contributed by atoms with van der Waals surface area (Å²) in [5.74, 6) is 0.152. The third-order valence-electron chi connectivity index (χ3n) is 4.34. The van der Waals surface area contributed by atoms with Crippen molar-refractivity contribution in [1.82, 2.24) is 0 Å². The Morgan fingerprint density at radius 2 is 1.76 bits per heavy atom. The lowest BCUT2D eigenvalue weighted by atomic mass is 9.97. The summed E-state index contributed by atoms with van der Waals surface area (Å²) in [4.78, 5) is 0. The average Bonchev–Trinajstić information content (AvgIpc) is 2.34. The van der Waals surface area contributed by atoms with Gasteiger partial charge in [-0.1, -0.05) is 67.5 Å². The van der Waals surface area contributed by atoms with Gasteiger partial charge in [0, 0.05) is 5.92 Å². The van der Waals surface area contributed by atoms with Gasteiger partial charge in [-0.05, 0) is 42.5 Å². The van der Waals surface area contributed by atoms with E-state index in [4.69, 9.17) is 4.43 Å². The SMILES string of the molecule is C/C(=C\[C@@H](C)[C@H](O)C/C(C)=C/I)CO[Si](C)(C)C(C)(C)C. The minimum Gasteiger partial charge on any atom is -0.413 e. The molecule has 4 heteroatoms. The van der Waals surface area contributed by atoms with Gasteiger partial charge in [0.15, 0.2) is 8.32 Å². The third-order valence-corrected chi connectivity index (χ3v) is 9.88. The Morgan fingerprint density at radius 3 is 2.19 bits per heavy atom. The Labute approximate surface area is 146 Å². The molecule has 0 bridgehead atoms. The summed E-state index contributed by atoms with van der Waals surface area (Å²) in [6.45, 7) is 18.2. The molecule has 2 nitrogen and oxygen atoms in total. The van der Waals surface area contributed by atoms with Crippen molar-refractivity contribution in [1.29, 1.82) is 0 Å². The zero-order valence-corrected chi connectivity index (χ0v) is 18.1. The van der Waals surface area contributed by atoms with Crippen LogP contribution >= 0.6 is 22.6 Å². The topological polar surface area (TPSA) is 29.5 Å². The molecule has 0 heterocycles. The molecule has 0 aromatic heterocycles. The predicted octanol–water partition coefficient (Wildman–Crippen LogP) is 5.68. The van der Waals surface area contributed by atoms with E-state index < -0.39 is 8.32 Å². The lowest BCUT2D eigenvalue weighted by Gasteiger charge is -2.36. The fourth-order valence-corrected chi connectivity index (χ4v) is 2.95. The second-order valence-electron chi connectivity index (χ2n) is 7.65. The summed E-state index contributed by atoms with van der Waals surface area (Å²) in [6, 6.07) is 0. The van der Waals surface area contributed by atoms with E-state index in [1.54, 1.807) is 0 Å². The Hall–Kier alpha value is 0.347. The molecule has 0 saturated carbocycles. The normalized spacial score (nSPS) is 17.8. The van der Waals surface area contributed by atoms with Crippen LogP contribution in [0.4, 0.5) is 0 Å². The van der Waals surface area contributed by atoms with Crippen LogP contribution in [0.3, 0.4) is 0 Å². The second kappa shape index (κ2) is 8.84. The molecular weight excluding hydrogens is 391 g/mol. The standard InChI is InChI=1S/C17H33IO2Si/c1-13(11-18)10-16(19)15(3)9-14(2)12-20-21(7,8)17(4,5)6/h9,11,15-16,19H,10,12H2,1-8H3/b13-11+,14-9+/t15-,16-/m1/s1. The summed E-state index contributed by atoms with van der Waals surface area (Å²) < 4.78 is 8.25. The van der Waals surface area contributed by atoms with Crippen molar-refractivity contribution < 1.29 is 9.53 Å². The summed E-state index contributed by atoms with van der Waals surface area (Å²) in [5, 5.41) is 10.4. The van der Waals surface area contributed by atoms with Crippen molar-refractivity contribution in [3.63, 3.8) is 0 Å². The maximum absolute atomic E-state index is 10.2. The van der Waals surface area contributed by atoms with E-state index in [2.05, 4.69) is 83.3 Å². The van der Waals surface area contributed by atoms with Crippen LogP contribution in [0.5, 0.6) is 0 Å². The van der Waals surface area contributed by atoms with Crippen molar-refractivity contribution in [3.05, 3.63) is 21.3 Å². The van der Waals surface area contributed by atoms with Crippen LogP contribution in [0.1, 0.15) is 48.0 Å². The number of hydrogen-bond acceptors (Lipinski definition) is 2. The van der Waals surface area contributed by atoms with Gasteiger partial charge in [0.05, 0.1) is 12.7 Å². The highest BCUT2D eigenvalue weighted by Gasteiger charge is 2.36. The molecule has 21 heavy (non-hydrogen) atoms. The monoisotopic (exact) mass is 424 g/mol. The van der Waals surface area contributed by atoms with Crippen molar-refractivity contribution in [2.75, 3.05) is 6.61 Å². The molecule has 0 aliphatic rings. The summed E-state index contributed by atoms with van der Waals surface area (Å²) in [6.07, 6.45) is 2.56. The molecular formula is C17H33IO2Si. The average molecular weight is 424 g/mol. The number of halogens is 1. The molecule has 0 amide bonds. The smallest absolute Gasteiger partial charge is 0.192 e. The van der Waals surface area contributed by atoms with Crippen molar-refractivity contribution in [3.8, 4) is 0 Å². The van der Waals surface area contributed by atoms with E-state index in [0.717, 1.165) is 6.42 Å². The molecule has 0 saturated heterocycles. The molecule has 0 spiro atoms. The van der Waals surface area contributed by atoms with Crippen LogP contribution < -0.4 is 0 Å². The van der Waals surface area contributed by atoms with Crippen LogP contribution in [-0.4, -0.2) is 26.1 Å². The lowest BCUT2D eigenvalue weighted by Crippen LogP contribution is -2.41. The maximum atomic E-state index is 10.2. The van der Waals surface area contributed by atoms with Crippen LogP contribution in [-0.2, 0) is 4.43 Å². The highest BCUT2D eigenvalue weighted by molar-refractivity contribution is 14.1. The van der Waals surface area contributed by atoms with Gasteiger partial charge in [-0.3, -0.25) is 0 Å². The van der Waals surface area contributed by atoms with E-state index in [1.807, 2.05) is 4.08 Å². The summed E-state index contributed by atoms with van der Waals surface area (Å²) in [7, 11) is -1.69. The molecule has 0 fully saturated rings. The van der Waals surface area contributed by atoms with Crippen molar-refractivity contribution in [2.45, 2.75) is 72.2 Å². The Bertz CT molecular complexity index is 381. The van der Waals surface area contributed by atoms with Gasteiger partial charge in [0.25, 0.3) is 0 Å². The molecule has 124 valence electrons. The number of aliphatic hydroxyl groups excluding tert-OH is 1. The Morgan fingerprint density at radius 1 is 1.24 bits per heavy atom. The molecule has 0 radical (unpaired) electrons. The van der Waals surface area contributed by atoms with E-state index in [9.17, 15) is 5.11 Å². The first-order valence-electron chi connectivity index (χ1n) is 7.66. The fourth-order valence-electron chi connectivity index (χ4n) is 1.68. The Balaban J connectivity index is 4.55. The van der Waals surface area contributed by atoms with E-state index in [0.29, 0.717) is 6.61 Å². The molecule has 0 aliphatic heterocycles. The van der Waals surface area contributed by atoms with Crippen molar-refractivity contribution in [2.24, 2.45) is 5.92 Å². The number of rotatable bonds is 7. The first kappa shape index (κ1) is 21.3. The van der Waals surface area contributed by atoms with Gasteiger partial charge in [0.1, 0.15) is 0 Å². The highest BCUT2D eigenvalue weighted by atomic mass is 127. The lowest BCUT2D eigenvalue weighted by molar-refractivity contribution is 0.137. The first-order chi connectivity index (χ1) is 9.40. The molecule has 0 aromatic rings. The Kier molecular flexibility index (Phi) is 8.99. The van der Waals surface area contributed by atoms with Crippen LogP contribution in [0.15, 0.2) is 21.3 Å². The van der Waals surface area contributed by atoms with Crippen molar-refractivity contribution >= 4 is 30.9 Å². The van der Waals surface area contributed by atoms with Gasteiger partial charge in [-0.25, -0.2) is 0 Å². The van der Waals surface area contributed by atoms with E-state index in [1.165, 1.54) is 11.1 Å². The number of aliphatic hydroxyl groups is 1. The van der Waals surface area contributed by atoms with Gasteiger partial charge in [-0.2, -0.15) is 0 Å². The highest BCUT2D eigenvalue weighted by Crippen LogP contribution is 2.36. The molecule has 0 unspecified atom stereocenters. The molecule has 0 aliphatic carbocycles. The minimum absolute atomic E-state index is 0.152. The van der Waals surface area contributed by atoms with Gasteiger partial charge < -0.3 is 9.53 Å². The van der Waals surface area contributed by atoms with Gasteiger partial charge >= 0.3 is 0 Å². The largest absolute Gasteiger partial charge is 0.413 e. The summed E-state index contributed by atoms with van der Waals surface area (Å²) >= 11 is 2.22. The molecule has 0 rings (SSSR count). The molecule has 0 aromatic carbocycles. The summed E-state index contributed by atoms with van der Waals surface area (Å²) in [5.41, 5.74) is 2.43. The van der Waals surface area contributed by atoms with E-state index in [-0.39, 0.29) is 17.1 Å². The number of hydrogen-bond donors (Lipinski definition) is 1. The third kappa shape index (κ3) is 7.95. The van der Waals surface area contributed by atoms with Crippen LogP contribution in [0, 0.1) is 5.92 Å². The fraction of sp³-hybridized carbons (Fsp3) is 0.765. The van der Waals surface area contributed by atoms with Gasteiger partial charge in [0.2, 0.25) is 0 Å². The minimum atomic E-state index is -1.69.